The summed E-state index contributed by atoms with van der Waals surface area (Å²) in [5, 5.41) is 9.10. The van der Waals surface area contributed by atoms with Crippen LogP contribution in [0.4, 0.5) is 11.5 Å². The van der Waals surface area contributed by atoms with Crippen molar-refractivity contribution >= 4 is 38.5 Å². The number of nitrogens with two attached hydrogens (primary N) is 1. The number of carbonyl (C=O) groups is 1. The summed E-state index contributed by atoms with van der Waals surface area (Å²) in [6.45, 7) is 5.40. The number of hydrogen-bond acceptors (Lipinski definition) is 5. The fraction of sp³-hybridized carbons (Fsp3) is 0.350. The number of nitrogens with zero attached hydrogens (tertiary/aromatic N) is 2. The number of amides is 1. The molecule has 1 aromatic carbocycles. The maximum atomic E-state index is 13.0. The average molecular weight is 430 g/mol. The third-order valence-electron chi connectivity index (χ3n) is 5.84. The molecule has 0 bridgehead atoms. The monoisotopic (exact) mass is 429 g/mol. The summed E-state index contributed by atoms with van der Waals surface area (Å²) in [6, 6.07) is 6.00. The van der Waals surface area contributed by atoms with E-state index in [0.29, 0.717) is 31.6 Å². The Morgan fingerprint density at radius 2 is 2.07 bits per heavy atom. The minimum absolute atomic E-state index is 0.0283. The molecule has 0 aliphatic carbocycles. The van der Waals surface area contributed by atoms with Crippen LogP contribution in [0.2, 0.25) is 0 Å². The highest BCUT2D eigenvalue weighted by Gasteiger charge is 2.39. The van der Waals surface area contributed by atoms with Crippen LogP contribution >= 0.6 is 0 Å². The van der Waals surface area contributed by atoms with Gasteiger partial charge in [-0.2, -0.15) is 0 Å². The molecular formula is C20H25N6O3S+. The maximum absolute atomic E-state index is 13.0. The van der Waals surface area contributed by atoms with E-state index in [1.54, 1.807) is 18.5 Å². The van der Waals surface area contributed by atoms with Crippen molar-refractivity contribution in [1.82, 2.24) is 9.97 Å². The number of anilines is 2. The first-order chi connectivity index (χ1) is 14.2. The van der Waals surface area contributed by atoms with Crippen molar-refractivity contribution in [1.29, 1.82) is 0 Å². The number of benzene rings is 1. The van der Waals surface area contributed by atoms with Crippen LogP contribution in [0, 0.1) is 12.3 Å². The number of hydrogen-bond donors (Lipinski definition) is 3. The van der Waals surface area contributed by atoms with E-state index in [1.807, 2.05) is 20.0 Å². The van der Waals surface area contributed by atoms with Crippen molar-refractivity contribution < 1.29 is 18.2 Å². The lowest BCUT2D eigenvalue weighted by molar-refractivity contribution is -0.367. The predicted octanol–water partition coefficient (Wildman–Crippen LogP) is 1.58. The Balaban J connectivity index is 1.48. The number of H-pyrrole nitrogens is 2. The number of aromatic nitrogens is 3. The molecule has 158 valence electrons. The van der Waals surface area contributed by atoms with Crippen LogP contribution in [-0.2, 0) is 14.8 Å². The van der Waals surface area contributed by atoms with Crippen molar-refractivity contribution in [3.8, 4) is 0 Å². The smallest absolute Gasteiger partial charge is 0.238 e. The molecule has 30 heavy (non-hydrogen) atoms. The molecule has 0 unspecified atom stereocenters. The van der Waals surface area contributed by atoms with Gasteiger partial charge >= 0.3 is 0 Å². The number of carbonyl (C=O) groups excluding carboxylic acids is 1. The van der Waals surface area contributed by atoms with Gasteiger partial charge in [-0.05, 0) is 43.5 Å². The van der Waals surface area contributed by atoms with Crippen LogP contribution in [0.15, 0.2) is 41.7 Å². The molecule has 3 heterocycles. The summed E-state index contributed by atoms with van der Waals surface area (Å²) >= 11 is 0. The molecule has 1 fully saturated rings. The normalized spacial score (nSPS) is 16.6. The fourth-order valence-corrected chi connectivity index (χ4v) is 4.43. The SMILES string of the molecule is Cc1c[nH]c2nc[nH+]c(N3CCC(C)(C(=O)Nc4cccc(S(N)(=O)=O)c4)CC3)c12. The maximum Gasteiger partial charge on any atom is 0.238 e. The Bertz CT molecular complexity index is 1210. The topological polar surface area (TPSA) is 135 Å². The minimum atomic E-state index is -3.82. The van der Waals surface area contributed by atoms with Gasteiger partial charge in [0, 0.05) is 11.9 Å². The van der Waals surface area contributed by atoms with E-state index in [2.05, 4.69) is 25.2 Å². The second-order valence-corrected chi connectivity index (χ2v) is 9.58. The molecule has 0 saturated carbocycles. The van der Waals surface area contributed by atoms with Crippen molar-refractivity contribution in [3.63, 3.8) is 0 Å². The Labute approximate surface area is 174 Å². The molecule has 1 amide bonds. The number of aromatic amines is 2. The number of sulfonamides is 1. The Hall–Kier alpha value is -2.98. The summed E-state index contributed by atoms with van der Waals surface area (Å²) in [7, 11) is -3.82. The van der Waals surface area contributed by atoms with Gasteiger partial charge < -0.3 is 10.3 Å². The van der Waals surface area contributed by atoms with E-state index in [4.69, 9.17) is 5.14 Å². The molecule has 1 aliphatic heterocycles. The summed E-state index contributed by atoms with van der Waals surface area (Å²) in [4.78, 5) is 25.9. The molecule has 3 aromatic rings. The highest BCUT2D eigenvalue weighted by Crippen LogP contribution is 2.35. The number of nitrogens with one attached hydrogen (secondary N) is 3. The van der Waals surface area contributed by atoms with Gasteiger partial charge in [0.15, 0.2) is 0 Å². The Morgan fingerprint density at radius 1 is 1.33 bits per heavy atom. The number of primary sulfonamides is 1. The van der Waals surface area contributed by atoms with Crippen molar-refractivity contribution in [2.45, 2.75) is 31.6 Å². The van der Waals surface area contributed by atoms with E-state index in [0.717, 1.165) is 22.4 Å². The average Bonchev–Trinajstić information content (AvgIpc) is 3.09. The third kappa shape index (κ3) is 3.75. The first kappa shape index (κ1) is 20.3. The number of piperidine rings is 1. The van der Waals surface area contributed by atoms with Crippen LogP contribution in [-0.4, -0.2) is 37.4 Å². The number of rotatable bonds is 4. The van der Waals surface area contributed by atoms with E-state index in [1.165, 1.54) is 12.1 Å². The molecule has 2 aromatic heterocycles. The van der Waals surface area contributed by atoms with Crippen LogP contribution in [0.25, 0.3) is 11.0 Å². The van der Waals surface area contributed by atoms with Crippen molar-refractivity contribution in [3.05, 3.63) is 42.4 Å². The lowest BCUT2D eigenvalue weighted by atomic mass is 9.79. The third-order valence-corrected chi connectivity index (χ3v) is 6.75. The van der Waals surface area contributed by atoms with Gasteiger partial charge in [-0.25, -0.2) is 18.5 Å². The molecular weight excluding hydrogens is 404 g/mol. The van der Waals surface area contributed by atoms with Gasteiger partial charge in [0.2, 0.25) is 33.7 Å². The summed E-state index contributed by atoms with van der Waals surface area (Å²) < 4.78 is 23.1. The molecule has 0 radical (unpaired) electrons. The van der Waals surface area contributed by atoms with Crippen LogP contribution < -0.4 is 20.3 Å². The lowest BCUT2D eigenvalue weighted by Gasteiger charge is -2.36. The van der Waals surface area contributed by atoms with Gasteiger partial charge in [0.25, 0.3) is 0 Å². The van der Waals surface area contributed by atoms with E-state index >= 15 is 0 Å². The zero-order valence-electron chi connectivity index (χ0n) is 16.9. The van der Waals surface area contributed by atoms with E-state index in [-0.39, 0.29) is 10.8 Å². The molecule has 0 atom stereocenters. The van der Waals surface area contributed by atoms with Crippen LogP contribution in [0.1, 0.15) is 25.3 Å². The van der Waals surface area contributed by atoms with Crippen molar-refractivity contribution in [2.24, 2.45) is 10.6 Å². The second kappa shape index (κ2) is 7.37. The number of aryl methyl sites for hydroxylation is 1. The molecule has 4 rings (SSSR count). The van der Waals surface area contributed by atoms with Gasteiger partial charge in [-0.3, -0.25) is 9.69 Å². The van der Waals surface area contributed by atoms with Gasteiger partial charge in [0.05, 0.1) is 23.4 Å². The molecule has 9 nitrogen and oxygen atoms in total. The van der Waals surface area contributed by atoms with E-state index in [9.17, 15) is 13.2 Å². The molecule has 0 spiro atoms. The molecule has 10 heteroatoms. The summed E-state index contributed by atoms with van der Waals surface area (Å²) in [6.07, 6.45) is 4.93. The van der Waals surface area contributed by atoms with Gasteiger partial charge in [-0.1, -0.05) is 18.0 Å². The van der Waals surface area contributed by atoms with Gasteiger partial charge in [-0.15, -0.1) is 0 Å². The molecule has 5 N–H and O–H groups in total. The summed E-state index contributed by atoms with van der Waals surface area (Å²) in [5.74, 6) is 0.873. The number of fused-ring (bicyclic) bond motifs is 1. The Kier molecular flexibility index (Phi) is 4.99. The zero-order chi connectivity index (χ0) is 21.5. The first-order valence-corrected chi connectivity index (χ1v) is 11.3. The highest BCUT2D eigenvalue weighted by molar-refractivity contribution is 7.89. The molecule has 1 saturated heterocycles. The zero-order valence-corrected chi connectivity index (χ0v) is 17.7. The fourth-order valence-electron chi connectivity index (χ4n) is 3.87. The standard InChI is InChI=1S/C20H24N6O3S/c1-13-11-22-17-16(13)18(24-12-23-17)26-8-6-20(2,7-9-26)19(27)25-14-4-3-5-15(10-14)30(21,28)29/h3-5,10-12H,6-9H2,1-2H3,(H,25,27)(H2,21,28,29)(H,22,23,24)/p+1. The molecule has 1 aliphatic rings. The quantitative estimate of drug-likeness (QED) is 0.579. The van der Waals surface area contributed by atoms with Crippen LogP contribution in [0.5, 0.6) is 0 Å². The summed E-state index contributed by atoms with van der Waals surface area (Å²) in [5.41, 5.74) is 1.81. The van der Waals surface area contributed by atoms with Crippen molar-refractivity contribution in [2.75, 3.05) is 23.3 Å². The van der Waals surface area contributed by atoms with E-state index < -0.39 is 15.4 Å². The van der Waals surface area contributed by atoms with Gasteiger partial charge in [0.1, 0.15) is 5.39 Å². The van der Waals surface area contributed by atoms with Crippen LogP contribution in [0.3, 0.4) is 0 Å². The Morgan fingerprint density at radius 3 is 2.77 bits per heavy atom. The minimum Gasteiger partial charge on any atom is -0.332 e. The lowest BCUT2D eigenvalue weighted by Crippen LogP contribution is -2.46. The highest BCUT2D eigenvalue weighted by atomic mass is 32.2. The largest absolute Gasteiger partial charge is 0.332 e. The first-order valence-electron chi connectivity index (χ1n) is 9.71. The predicted molar refractivity (Wildman–Crippen MR) is 113 cm³/mol. The second-order valence-electron chi connectivity index (χ2n) is 8.02.